The minimum absolute atomic E-state index is 0.00120. The third kappa shape index (κ3) is 3.10. The normalized spacial score (nSPS) is 19.9. The largest absolute Gasteiger partial charge is 0.403 e. The number of hydrogen-bond acceptors (Lipinski definition) is 3. The topological polar surface area (TPSA) is 53.0 Å². The van der Waals surface area contributed by atoms with Crippen LogP contribution in [0.1, 0.15) is 36.4 Å². The molecule has 1 saturated heterocycles. The molecule has 0 aromatic heterocycles. The van der Waals surface area contributed by atoms with Crippen molar-refractivity contribution in [2.45, 2.75) is 25.3 Å². The highest BCUT2D eigenvalue weighted by molar-refractivity contribution is 5.35. The third-order valence-electron chi connectivity index (χ3n) is 3.51. The Morgan fingerprint density at radius 1 is 1.50 bits per heavy atom. The van der Waals surface area contributed by atoms with Crippen molar-refractivity contribution in [3.8, 4) is 18.9 Å². The van der Waals surface area contributed by atoms with Crippen molar-refractivity contribution in [2.24, 2.45) is 5.73 Å². The molecule has 0 radical (unpaired) electrons. The lowest BCUT2D eigenvalue weighted by atomic mass is 9.93. The van der Waals surface area contributed by atoms with Crippen LogP contribution in [0, 0.1) is 30.0 Å². The molecule has 2 rings (SSSR count). The molecule has 20 heavy (non-hydrogen) atoms. The van der Waals surface area contributed by atoms with Crippen LogP contribution in [0.3, 0.4) is 0 Å². The van der Waals surface area contributed by atoms with Gasteiger partial charge in [-0.1, -0.05) is 6.07 Å². The third-order valence-corrected chi connectivity index (χ3v) is 3.51. The van der Waals surface area contributed by atoms with Crippen molar-refractivity contribution in [1.82, 2.24) is 4.90 Å². The Hall–Kier alpha value is -2.46. The van der Waals surface area contributed by atoms with E-state index < -0.39 is 0 Å². The van der Waals surface area contributed by atoms with Crippen molar-refractivity contribution >= 4 is 0 Å². The summed E-state index contributed by atoms with van der Waals surface area (Å²) in [5.41, 5.74) is 7.60. The molecule has 0 amide bonds. The summed E-state index contributed by atoms with van der Waals surface area (Å²) in [6, 6.07) is 6.60. The molecule has 4 heteroatoms. The standard InChI is InChI=1S/C14H16FN3.C2H2/c1-18-11(9-17)3-2-4-14(18)12-6-5-10(8-16)7-13(12)15;1-2/h5-7,9,14H,2-4,17H2,1H3;1-2H/b11-9-;. The average molecular weight is 271 g/mol. The maximum atomic E-state index is 14.0. The molecule has 3 nitrogen and oxygen atoms in total. The van der Waals surface area contributed by atoms with E-state index >= 15 is 0 Å². The first-order chi connectivity index (χ1) is 9.67. The van der Waals surface area contributed by atoms with Crippen LogP contribution in [0.15, 0.2) is 30.1 Å². The number of nitrogens with zero attached hydrogens (tertiary/aromatic N) is 2. The summed E-state index contributed by atoms with van der Waals surface area (Å²) in [5, 5.41) is 8.74. The molecular formula is C16H18FN3. The molecule has 1 aromatic carbocycles. The zero-order valence-electron chi connectivity index (χ0n) is 11.5. The first-order valence-electron chi connectivity index (χ1n) is 6.34. The van der Waals surface area contributed by atoms with Crippen molar-refractivity contribution in [2.75, 3.05) is 7.05 Å². The minimum Gasteiger partial charge on any atom is -0.403 e. The maximum absolute atomic E-state index is 14.0. The predicted octanol–water partition coefficient (Wildman–Crippen LogP) is 2.90. The molecule has 1 atom stereocenters. The van der Waals surface area contributed by atoms with Crippen LogP contribution in [-0.4, -0.2) is 11.9 Å². The van der Waals surface area contributed by atoms with E-state index in [-0.39, 0.29) is 11.9 Å². The van der Waals surface area contributed by atoms with Gasteiger partial charge in [-0.15, -0.1) is 12.8 Å². The van der Waals surface area contributed by atoms with Gasteiger partial charge < -0.3 is 10.6 Å². The molecule has 1 heterocycles. The van der Waals surface area contributed by atoms with Gasteiger partial charge in [-0.2, -0.15) is 5.26 Å². The van der Waals surface area contributed by atoms with E-state index in [1.165, 1.54) is 6.07 Å². The van der Waals surface area contributed by atoms with Gasteiger partial charge in [-0.3, -0.25) is 0 Å². The monoisotopic (exact) mass is 271 g/mol. The van der Waals surface area contributed by atoms with E-state index in [0.717, 1.165) is 25.0 Å². The zero-order valence-corrected chi connectivity index (χ0v) is 11.5. The lowest BCUT2D eigenvalue weighted by Crippen LogP contribution is -2.29. The van der Waals surface area contributed by atoms with Crippen molar-refractivity contribution < 1.29 is 4.39 Å². The number of likely N-dealkylation sites (tertiary alicyclic amines) is 1. The molecule has 104 valence electrons. The Morgan fingerprint density at radius 3 is 2.75 bits per heavy atom. The van der Waals surface area contributed by atoms with Gasteiger partial charge in [0.05, 0.1) is 17.7 Å². The summed E-state index contributed by atoms with van der Waals surface area (Å²) < 4.78 is 14.0. The van der Waals surface area contributed by atoms with E-state index in [4.69, 9.17) is 11.0 Å². The molecule has 2 N–H and O–H groups in total. The number of halogens is 1. The molecule has 1 aliphatic heterocycles. The lowest BCUT2D eigenvalue weighted by molar-refractivity contribution is 0.237. The Bertz CT molecular complexity index is 555. The maximum Gasteiger partial charge on any atom is 0.129 e. The van der Waals surface area contributed by atoms with Gasteiger partial charge in [0.1, 0.15) is 5.82 Å². The van der Waals surface area contributed by atoms with Crippen LogP contribution in [0.25, 0.3) is 0 Å². The lowest BCUT2D eigenvalue weighted by Gasteiger charge is -2.36. The number of nitriles is 1. The van der Waals surface area contributed by atoms with E-state index in [2.05, 4.69) is 12.8 Å². The van der Waals surface area contributed by atoms with Crippen LogP contribution in [0.2, 0.25) is 0 Å². The van der Waals surface area contributed by atoms with Gasteiger partial charge in [0, 0.05) is 24.5 Å². The van der Waals surface area contributed by atoms with Crippen LogP contribution in [-0.2, 0) is 0 Å². The van der Waals surface area contributed by atoms with Crippen LogP contribution in [0.5, 0.6) is 0 Å². The second-order valence-corrected chi connectivity index (χ2v) is 4.53. The Kier molecular flexibility index (Phi) is 5.62. The molecule has 1 unspecified atom stereocenters. The molecular weight excluding hydrogens is 253 g/mol. The molecule has 1 fully saturated rings. The Labute approximate surface area is 119 Å². The fourth-order valence-electron chi connectivity index (χ4n) is 2.48. The van der Waals surface area contributed by atoms with E-state index in [9.17, 15) is 4.39 Å². The van der Waals surface area contributed by atoms with Gasteiger partial charge in [0.2, 0.25) is 0 Å². The highest BCUT2D eigenvalue weighted by Crippen LogP contribution is 2.35. The minimum atomic E-state index is -0.316. The average Bonchev–Trinajstić information content (AvgIpc) is 2.50. The number of piperidine rings is 1. The first kappa shape index (κ1) is 15.6. The highest BCUT2D eigenvalue weighted by Gasteiger charge is 2.25. The number of nitrogens with two attached hydrogens (primary N) is 1. The van der Waals surface area contributed by atoms with Crippen LogP contribution >= 0.6 is 0 Å². The molecule has 1 aromatic rings. The molecule has 0 saturated carbocycles. The quantitative estimate of drug-likeness (QED) is 0.799. The highest BCUT2D eigenvalue weighted by atomic mass is 19.1. The SMILES string of the molecule is C#C.CN1/C(=C\N)CCCC1c1ccc(C#N)cc1F. The number of allylic oxidation sites excluding steroid dienone is 1. The molecule has 0 spiro atoms. The van der Waals surface area contributed by atoms with Gasteiger partial charge in [0.25, 0.3) is 0 Å². The predicted molar refractivity (Wildman–Crippen MR) is 77.6 cm³/mol. The summed E-state index contributed by atoms with van der Waals surface area (Å²) >= 11 is 0. The summed E-state index contributed by atoms with van der Waals surface area (Å²) in [4.78, 5) is 2.02. The number of hydrogen-bond donors (Lipinski definition) is 1. The van der Waals surface area contributed by atoms with E-state index in [0.29, 0.717) is 11.1 Å². The van der Waals surface area contributed by atoms with Gasteiger partial charge in [-0.05, 0) is 31.4 Å². The zero-order chi connectivity index (χ0) is 15.1. The van der Waals surface area contributed by atoms with Gasteiger partial charge in [-0.25, -0.2) is 4.39 Å². The number of rotatable bonds is 1. The number of benzene rings is 1. The summed E-state index contributed by atoms with van der Waals surface area (Å²) in [7, 11) is 1.93. The molecule has 1 aliphatic rings. The van der Waals surface area contributed by atoms with E-state index in [1.807, 2.05) is 18.0 Å². The van der Waals surface area contributed by atoms with Gasteiger partial charge in [0.15, 0.2) is 0 Å². The summed E-state index contributed by atoms with van der Waals surface area (Å²) in [6.07, 6.45) is 12.4. The molecule has 0 bridgehead atoms. The van der Waals surface area contributed by atoms with Crippen molar-refractivity contribution in [3.63, 3.8) is 0 Å². The van der Waals surface area contributed by atoms with Crippen molar-refractivity contribution in [3.05, 3.63) is 47.0 Å². The first-order valence-corrected chi connectivity index (χ1v) is 6.34. The summed E-state index contributed by atoms with van der Waals surface area (Å²) in [5.74, 6) is -0.316. The Morgan fingerprint density at radius 2 is 2.20 bits per heavy atom. The van der Waals surface area contributed by atoms with E-state index in [1.54, 1.807) is 18.3 Å². The second-order valence-electron chi connectivity index (χ2n) is 4.53. The number of terminal acetylenes is 1. The van der Waals surface area contributed by atoms with Crippen LogP contribution < -0.4 is 5.73 Å². The Balaban J connectivity index is 0.000000956. The smallest absolute Gasteiger partial charge is 0.129 e. The fraction of sp³-hybridized carbons (Fsp3) is 0.312. The van der Waals surface area contributed by atoms with Crippen LogP contribution in [0.4, 0.5) is 4.39 Å². The summed E-state index contributed by atoms with van der Waals surface area (Å²) in [6.45, 7) is 0. The second kappa shape index (κ2) is 7.21. The van der Waals surface area contributed by atoms with Crippen molar-refractivity contribution in [1.29, 1.82) is 5.26 Å². The fourth-order valence-corrected chi connectivity index (χ4v) is 2.48. The molecule has 0 aliphatic carbocycles. The van der Waals surface area contributed by atoms with Gasteiger partial charge >= 0.3 is 0 Å².